The highest BCUT2D eigenvalue weighted by Crippen LogP contribution is 2.65. The van der Waals surface area contributed by atoms with Crippen LogP contribution in [-0.2, 0) is 19.2 Å². The van der Waals surface area contributed by atoms with Gasteiger partial charge in [0.25, 0.3) is 0 Å². The molecule has 2 aliphatic carbocycles. The van der Waals surface area contributed by atoms with Crippen molar-refractivity contribution in [2.75, 3.05) is 6.54 Å². The summed E-state index contributed by atoms with van der Waals surface area (Å²) in [6.45, 7) is 17.0. The molecule has 0 bridgehead atoms. The van der Waals surface area contributed by atoms with Crippen LogP contribution >= 0.6 is 0 Å². The van der Waals surface area contributed by atoms with E-state index in [0.717, 1.165) is 12.8 Å². The minimum absolute atomic E-state index is 0.0422. The van der Waals surface area contributed by atoms with Crippen molar-refractivity contribution >= 4 is 29.4 Å². The number of rotatable bonds is 8. The van der Waals surface area contributed by atoms with Crippen molar-refractivity contribution in [3.63, 3.8) is 0 Å². The van der Waals surface area contributed by atoms with Crippen molar-refractivity contribution < 1.29 is 24.0 Å². The number of carbonyl (C=O) groups excluding carboxylic acids is 5. The van der Waals surface area contributed by atoms with Crippen LogP contribution in [0.5, 0.6) is 0 Å². The Morgan fingerprint density at radius 3 is 2.03 bits per heavy atom. The number of fused-ring (bicyclic) bond motifs is 1. The zero-order valence-electron chi connectivity index (χ0n) is 23.3. The molecule has 1 saturated heterocycles. The van der Waals surface area contributed by atoms with Crippen LogP contribution in [0.1, 0.15) is 81.6 Å². The predicted octanol–water partition coefficient (Wildman–Crippen LogP) is 2.42. The van der Waals surface area contributed by atoms with E-state index in [-0.39, 0.29) is 23.2 Å². The number of likely N-dealkylation sites (tertiary alicyclic amines) is 1. The number of piperidine rings is 1. The molecule has 202 valence electrons. The van der Waals surface area contributed by atoms with Crippen molar-refractivity contribution in [1.82, 2.24) is 20.9 Å². The second-order valence-electron chi connectivity index (χ2n) is 13.7. The van der Waals surface area contributed by atoms with Crippen molar-refractivity contribution in [2.45, 2.75) is 105 Å². The number of nitrogens with one attached hydrogen (secondary N) is 3. The summed E-state index contributed by atoms with van der Waals surface area (Å²) in [6, 6.07) is -2.92. The van der Waals surface area contributed by atoms with E-state index in [2.05, 4.69) is 29.8 Å². The summed E-state index contributed by atoms with van der Waals surface area (Å²) in [7, 11) is 0. The van der Waals surface area contributed by atoms with E-state index in [0.29, 0.717) is 18.9 Å². The molecule has 36 heavy (non-hydrogen) atoms. The Kier molecular flexibility index (Phi) is 7.38. The lowest BCUT2D eigenvalue weighted by Gasteiger charge is -2.38. The van der Waals surface area contributed by atoms with Gasteiger partial charge in [-0.05, 0) is 55.8 Å². The Labute approximate surface area is 214 Å². The zero-order valence-corrected chi connectivity index (χ0v) is 23.3. The number of carbonyl (C=O) groups is 5. The number of Topliss-reactive ketones (excluding diaryl/α,β-unsaturated/α-hetero) is 2. The van der Waals surface area contributed by atoms with Gasteiger partial charge in [0.2, 0.25) is 17.6 Å². The second-order valence-corrected chi connectivity index (χ2v) is 13.7. The molecule has 3 rings (SSSR count). The molecular weight excluding hydrogens is 460 g/mol. The van der Waals surface area contributed by atoms with E-state index in [4.69, 9.17) is 0 Å². The average molecular weight is 505 g/mol. The molecule has 1 heterocycles. The highest BCUT2D eigenvalue weighted by atomic mass is 16.2. The molecule has 4 amide bonds. The maximum Gasteiger partial charge on any atom is 0.315 e. The smallest absolute Gasteiger partial charge is 0.315 e. The van der Waals surface area contributed by atoms with Crippen LogP contribution in [0, 0.1) is 28.6 Å². The molecule has 0 aromatic rings. The largest absolute Gasteiger partial charge is 0.344 e. The Bertz CT molecular complexity index is 941. The molecule has 0 aromatic heterocycles. The fourth-order valence-electron chi connectivity index (χ4n) is 5.56. The van der Waals surface area contributed by atoms with Gasteiger partial charge in [-0.2, -0.15) is 0 Å². The van der Waals surface area contributed by atoms with Gasteiger partial charge in [0.15, 0.2) is 5.78 Å². The number of ketones is 2. The molecule has 5 atom stereocenters. The first kappa shape index (κ1) is 28.1. The zero-order chi connectivity index (χ0) is 27.4. The van der Waals surface area contributed by atoms with Gasteiger partial charge < -0.3 is 20.9 Å². The van der Waals surface area contributed by atoms with Crippen LogP contribution in [0.15, 0.2) is 0 Å². The van der Waals surface area contributed by atoms with E-state index in [9.17, 15) is 24.0 Å². The Balaban J connectivity index is 1.83. The summed E-state index contributed by atoms with van der Waals surface area (Å²) in [4.78, 5) is 66.2. The summed E-state index contributed by atoms with van der Waals surface area (Å²) in [6.07, 6.45) is 2.42. The predicted molar refractivity (Wildman–Crippen MR) is 136 cm³/mol. The van der Waals surface area contributed by atoms with Gasteiger partial charge in [-0.25, -0.2) is 4.79 Å². The number of hydrogen-bond acceptors (Lipinski definition) is 5. The van der Waals surface area contributed by atoms with Crippen LogP contribution in [0.4, 0.5) is 4.79 Å². The molecule has 9 heteroatoms. The summed E-state index contributed by atoms with van der Waals surface area (Å²) in [5, 5.41) is 8.51. The first-order valence-corrected chi connectivity index (χ1v) is 13.1. The molecule has 3 fully saturated rings. The normalized spacial score (nSPS) is 26.4. The Hall–Kier alpha value is -2.45. The van der Waals surface area contributed by atoms with E-state index in [1.54, 1.807) is 4.90 Å². The van der Waals surface area contributed by atoms with Crippen LogP contribution in [0.2, 0.25) is 0 Å². The first-order valence-electron chi connectivity index (χ1n) is 13.1. The number of amides is 4. The van der Waals surface area contributed by atoms with Crippen molar-refractivity contribution in [3.8, 4) is 0 Å². The van der Waals surface area contributed by atoms with Gasteiger partial charge in [-0.1, -0.05) is 47.5 Å². The van der Waals surface area contributed by atoms with Gasteiger partial charge in [-0.15, -0.1) is 0 Å². The minimum atomic E-state index is -0.866. The average Bonchev–Trinajstić information content (AvgIpc) is 3.55. The maximum atomic E-state index is 13.9. The fraction of sp³-hybridized carbons (Fsp3) is 0.815. The Morgan fingerprint density at radius 1 is 0.972 bits per heavy atom. The van der Waals surface area contributed by atoms with Crippen LogP contribution < -0.4 is 16.0 Å². The fourth-order valence-corrected chi connectivity index (χ4v) is 5.56. The quantitative estimate of drug-likeness (QED) is 0.438. The monoisotopic (exact) mass is 504 g/mol. The highest BCUT2D eigenvalue weighted by molar-refractivity contribution is 6.38. The molecule has 0 radical (unpaired) electrons. The highest BCUT2D eigenvalue weighted by Gasteiger charge is 2.70. The third kappa shape index (κ3) is 6.09. The van der Waals surface area contributed by atoms with E-state index >= 15 is 0 Å². The van der Waals surface area contributed by atoms with Crippen molar-refractivity contribution in [1.29, 1.82) is 0 Å². The SMILES string of the molecule is CC(=O)C(=O)[C@@H](CC1CC1)NC(=O)[C@@H]1[C@@H]2[C@H](CN1C(=O)[C@@H](NC(=O)NC(C)(C)C)C(C)(C)C)C2(C)C. The number of nitrogens with zero attached hydrogens (tertiary/aromatic N) is 1. The third-order valence-electron chi connectivity index (χ3n) is 7.88. The first-order chi connectivity index (χ1) is 16.3. The lowest BCUT2D eigenvalue weighted by molar-refractivity contribution is -0.145. The lowest BCUT2D eigenvalue weighted by Crippen LogP contribution is -2.62. The summed E-state index contributed by atoms with van der Waals surface area (Å²) in [5.74, 6) is -1.43. The van der Waals surface area contributed by atoms with Gasteiger partial charge in [0, 0.05) is 19.0 Å². The lowest BCUT2D eigenvalue weighted by atomic mass is 9.85. The second kappa shape index (κ2) is 9.45. The van der Waals surface area contributed by atoms with Gasteiger partial charge in [-0.3, -0.25) is 19.2 Å². The van der Waals surface area contributed by atoms with Gasteiger partial charge >= 0.3 is 6.03 Å². The minimum Gasteiger partial charge on any atom is -0.344 e. The number of urea groups is 1. The van der Waals surface area contributed by atoms with E-state index in [1.807, 2.05) is 41.5 Å². The summed E-state index contributed by atoms with van der Waals surface area (Å²) >= 11 is 0. The summed E-state index contributed by atoms with van der Waals surface area (Å²) < 4.78 is 0. The van der Waals surface area contributed by atoms with Gasteiger partial charge in [0.05, 0.1) is 6.04 Å². The van der Waals surface area contributed by atoms with Crippen LogP contribution in [0.3, 0.4) is 0 Å². The molecule has 0 aromatic carbocycles. The third-order valence-corrected chi connectivity index (χ3v) is 7.88. The molecule has 0 unspecified atom stereocenters. The molecule has 1 aliphatic heterocycles. The molecule has 0 spiro atoms. The molecule has 3 aliphatic rings. The van der Waals surface area contributed by atoms with Gasteiger partial charge in [0.1, 0.15) is 12.1 Å². The molecule has 3 N–H and O–H groups in total. The maximum absolute atomic E-state index is 13.9. The topological polar surface area (TPSA) is 125 Å². The van der Waals surface area contributed by atoms with Crippen molar-refractivity contribution in [3.05, 3.63) is 0 Å². The van der Waals surface area contributed by atoms with E-state index in [1.165, 1.54) is 6.92 Å². The number of hydrogen-bond donors (Lipinski definition) is 3. The van der Waals surface area contributed by atoms with E-state index < -0.39 is 52.6 Å². The molecule has 2 saturated carbocycles. The molecular formula is C27H44N4O5. The van der Waals surface area contributed by atoms with Crippen LogP contribution in [0.25, 0.3) is 0 Å². The summed E-state index contributed by atoms with van der Waals surface area (Å²) in [5.41, 5.74) is -1.19. The standard InChI is InChI=1S/C27H44N4O5/c1-14(32)20(33)17(12-15-10-11-15)28-22(34)19-18-16(27(18,8)9)13-31(19)23(35)21(25(2,3)4)29-24(36)30-26(5,6)7/h15-19,21H,10-13H2,1-9H3,(H,28,34)(H2,29,30,36)/t16-,17+,18-,19-,21+/m0/s1. The van der Waals surface area contributed by atoms with Crippen molar-refractivity contribution in [2.24, 2.45) is 28.6 Å². The molecule has 9 nitrogen and oxygen atoms in total. The Morgan fingerprint density at radius 2 is 1.56 bits per heavy atom. The van der Waals surface area contributed by atoms with Crippen LogP contribution in [-0.4, -0.2) is 64.5 Å².